The lowest BCUT2D eigenvalue weighted by Crippen LogP contribution is -1.94. The molecular weight excluding hydrogens is 867 g/mol. The first-order valence-electron chi connectivity index (χ1n) is 24.1. The highest BCUT2D eigenvalue weighted by atomic mass is 16.3. The van der Waals surface area contributed by atoms with Crippen molar-refractivity contribution >= 4 is 98.9 Å². The quantitative estimate of drug-likeness (QED) is 0.173. The van der Waals surface area contributed by atoms with Crippen molar-refractivity contribution in [2.75, 3.05) is 5.32 Å². The fourth-order valence-corrected chi connectivity index (χ4v) is 11.2. The second-order valence-electron chi connectivity index (χ2n) is 18.6. The second kappa shape index (κ2) is 15.5. The Balaban J connectivity index is 0.872. The maximum Gasteiger partial charge on any atom is 0.135 e. The van der Waals surface area contributed by atoms with Gasteiger partial charge in [0.15, 0.2) is 0 Å². The number of hydrogen-bond acceptors (Lipinski definition) is 3. The maximum atomic E-state index is 6.30. The minimum atomic E-state index is 0.881. The summed E-state index contributed by atoms with van der Waals surface area (Å²) in [6.07, 6.45) is 0. The summed E-state index contributed by atoms with van der Waals surface area (Å²) in [4.78, 5) is 0. The molecule has 332 valence electrons. The Morgan fingerprint density at radius 3 is 1.45 bits per heavy atom. The van der Waals surface area contributed by atoms with Gasteiger partial charge >= 0.3 is 0 Å². The Morgan fingerprint density at radius 2 is 0.761 bits per heavy atom. The van der Waals surface area contributed by atoms with Crippen LogP contribution in [0.5, 0.6) is 0 Å². The third-order valence-corrected chi connectivity index (χ3v) is 14.5. The number of rotatable bonds is 7. The molecular formula is C66H41N3O2. The van der Waals surface area contributed by atoms with Gasteiger partial charge in [0.25, 0.3) is 0 Å². The van der Waals surface area contributed by atoms with Gasteiger partial charge < -0.3 is 23.3 Å². The number of nitrogens with one attached hydrogen (secondary N) is 1. The average molecular weight is 908 g/mol. The molecule has 0 fully saturated rings. The molecule has 0 amide bonds. The van der Waals surface area contributed by atoms with Crippen LogP contribution in [-0.2, 0) is 0 Å². The zero-order valence-electron chi connectivity index (χ0n) is 38.3. The molecule has 0 aliphatic carbocycles. The van der Waals surface area contributed by atoms with E-state index in [9.17, 15) is 0 Å². The minimum absolute atomic E-state index is 0.881. The van der Waals surface area contributed by atoms with E-state index in [4.69, 9.17) is 8.83 Å². The fraction of sp³-hybridized carbons (Fsp3) is 0. The summed E-state index contributed by atoms with van der Waals surface area (Å²) in [6, 6.07) is 87.2. The van der Waals surface area contributed by atoms with Crippen molar-refractivity contribution in [3.05, 3.63) is 243 Å². The predicted octanol–water partition coefficient (Wildman–Crippen LogP) is 18.4. The molecule has 0 aliphatic heterocycles. The summed E-state index contributed by atoms with van der Waals surface area (Å²) in [7, 11) is 0. The van der Waals surface area contributed by atoms with E-state index in [0.717, 1.165) is 99.9 Å². The van der Waals surface area contributed by atoms with E-state index in [1.165, 1.54) is 43.7 Å². The number of aromatic nitrogens is 2. The summed E-state index contributed by atoms with van der Waals surface area (Å²) in [5, 5.41) is 13.0. The lowest BCUT2D eigenvalue weighted by atomic mass is 9.96. The molecule has 0 atom stereocenters. The van der Waals surface area contributed by atoms with E-state index >= 15 is 0 Å². The van der Waals surface area contributed by atoms with Crippen LogP contribution < -0.4 is 5.32 Å². The van der Waals surface area contributed by atoms with Crippen molar-refractivity contribution in [1.82, 2.24) is 9.13 Å². The summed E-state index contributed by atoms with van der Waals surface area (Å²) < 4.78 is 17.2. The van der Waals surface area contributed by atoms with Crippen LogP contribution in [0.3, 0.4) is 0 Å². The molecule has 1 N–H and O–H groups in total. The normalized spacial score (nSPS) is 11.9. The van der Waals surface area contributed by atoms with E-state index in [1.807, 2.05) is 24.3 Å². The van der Waals surface area contributed by atoms with Crippen LogP contribution in [0, 0.1) is 0 Å². The second-order valence-corrected chi connectivity index (χ2v) is 18.6. The first kappa shape index (κ1) is 39.4. The molecule has 4 heterocycles. The van der Waals surface area contributed by atoms with Gasteiger partial charge in [-0.2, -0.15) is 0 Å². The van der Waals surface area contributed by atoms with Gasteiger partial charge in [-0.25, -0.2) is 0 Å². The molecule has 15 aromatic rings. The Kier molecular flexibility index (Phi) is 8.59. The number of fused-ring (bicyclic) bond motifs is 12. The van der Waals surface area contributed by atoms with Crippen molar-refractivity contribution in [3.8, 4) is 44.8 Å². The van der Waals surface area contributed by atoms with Crippen molar-refractivity contribution in [2.24, 2.45) is 0 Å². The fourth-order valence-electron chi connectivity index (χ4n) is 11.2. The van der Waals surface area contributed by atoms with Gasteiger partial charge in [-0.1, -0.05) is 127 Å². The topological polar surface area (TPSA) is 48.2 Å². The molecule has 0 saturated heterocycles. The minimum Gasteiger partial charge on any atom is -0.456 e. The molecule has 0 bridgehead atoms. The molecule has 0 spiro atoms. The van der Waals surface area contributed by atoms with Gasteiger partial charge in [0.05, 0.1) is 22.1 Å². The molecule has 0 saturated carbocycles. The number of anilines is 2. The average Bonchev–Trinajstić information content (AvgIpc) is 4.18. The SMILES string of the molecule is c1ccc(-n2c3ccccc3c3cc(-c4ccc5c(c4)c4cc(-c6cccc(-c7ccccc7Nc7ccc8oc9ccccc9c8c7)c6)ccc4n5-c4ccc5oc6ccccc6c5c4)ccc32)cc1. The van der Waals surface area contributed by atoms with Gasteiger partial charge in [-0.15, -0.1) is 0 Å². The molecule has 11 aromatic carbocycles. The Bertz CT molecular complexity index is 4620. The summed E-state index contributed by atoms with van der Waals surface area (Å²) in [6.45, 7) is 0. The third-order valence-electron chi connectivity index (χ3n) is 14.5. The van der Waals surface area contributed by atoms with Crippen LogP contribution in [0.1, 0.15) is 0 Å². The number of nitrogens with zero attached hydrogens (tertiary/aromatic N) is 2. The van der Waals surface area contributed by atoms with Gasteiger partial charge in [0.1, 0.15) is 22.3 Å². The first-order chi connectivity index (χ1) is 35.2. The van der Waals surface area contributed by atoms with Crippen LogP contribution >= 0.6 is 0 Å². The molecule has 0 aliphatic rings. The van der Waals surface area contributed by atoms with E-state index < -0.39 is 0 Å². The molecule has 0 unspecified atom stereocenters. The van der Waals surface area contributed by atoms with Gasteiger partial charge in [0.2, 0.25) is 0 Å². The van der Waals surface area contributed by atoms with Crippen LogP contribution in [0.4, 0.5) is 11.4 Å². The molecule has 71 heavy (non-hydrogen) atoms. The van der Waals surface area contributed by atoms with E-state index in [1.54, 1.807) is 0 Å². The van der Waals surface area contributed by atoms with Crippen LogP contribution in [0.15, 0.2) is 251 Å². The number of furan rings is 2. The molecule has 15 rings (SSSR count). The molecule has 0 radical (unpaired) electrons. The lowest BCUT2D eigenvalue weighted by Gasteiger charge is -2.14. The zero-order valence-corrected chi connectivity index (χ0v) is 38.3. The Labute approximate surface area is 407 Å². The number of benzene rings is 11. The van der Waals surface area contributed by atoms with Crippen molar-refractivity contribution in [3.63, 3.8) is 0 Å². The van der Waals surface area contributed by atoms with E-state index in [0.29, 0.717) is 0 Å². The van der Waals surface area contributed by atoms with Gasteiger partial charge in [-0.05, 0) is 143 Å². The summed E-state index contributed by atoms with van der Waals surface area (Å²) in [5.41, 5.74) is 19.4. The monoisotopic (exact) mass is 907 g/mol. The Hall–Kier alpha value is -9.58. The maximum absolute atomic E-state index is 6.30. The van der Waals surface area contributed by atoms with Crippen LogP contribution in [-0.4, -0.2) is 9.13 Å². The standard InChI is InChI=1S/C66H41N3O2/c1-2-15-47(16-3-1)68-59-22-9-5-18-50(59)53-36-43(26-30-60(53)68)44-27-32-62-55(38-44)54-37-42(25-31-61(54)69(62)48-29-34-66-57(40-48)52-20-7-11-24-64(52)71-66)41-13-12-14-45(35-41)49-17-4-8-21-58(49)67-46-28-33-65-56(39-46)51-19-6-10-23-63(51)70-65/h1-40,67H. The highest BCUT2D eigenvalue weighted by molar-refractivity contribution is 6.14. The number of para-hydroxylation sites is 5. The number of hydrogen-bond donors (Lipinski definition) is 1. The molecule has 5 nitrogen and oxygen atoms in total. The lowest BCUT2D eigenvalue weighted by molar-refractivity contribution is 0.668. The Morgan fingerprint density at radius 1 is 0.268 bits per heavy atom. The van der Waals surface area contributed by atoms with Gasteiger partial charge in [-0.3, -0.25) is 0 Å². The zero-order chi connectivity index (χ0) is 46.6. The first-order valence-corrected chi connectivity index (χ1v) is 24.1. The van der Waals surface area contributed by atoms with E-state index in [2.05, 4.69) is 233 Å². The molecule has 4 aromatic heterocycles. The largest absolute Gasteiger partial charge is 0.456 e. The summed E-state index contributed by atoms with van der Waals surface area (Å²) in [5.74, 6) is 0. The van der Waals surface area contributed by atoms with Crippen LogP contribution in [0.2, 0.25) is 0 Å². The van der Waals surface area contributed by atoms with Crippen molar-refractivity contribution < 1.29 is 8.83 Å². The van der Waals surface area contributed by atoms with Crippen molar-refractivity contribution in [1.29, 1.82) is 0 Å². The highest BCUT2D eigenvalue weighted by Gasteiger charge is 2.19. The third kappa shape index (κ3) is 6.27. The smallest absolute Gasteiger partial charge is 0.135 e. The predicted molar refractivity (Wildman–Crippen MR) is 296 cm³/mol. The summed E-state index contributed by atoms with van der Waals surface area (Å²) >= 11 is 0. The van der Waals surface area contributed by atoms with Gasteiger partial charge in [0, 0.05) is 71.4 Å². The van der Waals surface area contributed by atoms with Crippen LogP contribution in [0.25, 0.3) is 132 Å². The van der Waals surface area contributed by atoms with Crippen molar-refractivity contribution in [2.45, 2.75) is 0 Å². The molecule has 5 heteroatoms. The van der Waals surface area contributed by atoms with E-state index in [-0.39, 0.29) is 0 Å². The highest BCUT2D eigenvalue weighted by Crippen LogP contribution is 2.42.